The third-order valence-corrected chi connectivity index (χ3v) is 4.70. The Morgan fingerprint density at radius 2 is 1.83 bits per heavy atom. The van der Waals surface area contributed by atoms with E-state index in [-0.39, 0.29) is 29.5 Å². The Kier molecular flexibility index (Phi) is 6.64. The SMILES string of the molecule is COc1cc(C(=O)NCC(=O)NCc2ccc3c(c2)CCC3)ccc1OC(F)F. The molecule has 0 fully saturated rings. The van der Waals surface area contributed by atoms with Crippen LogP contribution in [-0.4, -0.2) is 32.1 Å². The van der Waals surface area contributed by atoms with Gasteiger partial charge in [-0.2, -0.15) is 8.78 Å². The van der Waals surface area contributed by atoms with Crippen molar-refractivity contribution >= 4 is 11.8 Å². The van der Waals surface area contributed by atoms with Crippen molar-refractivity contribution in [3.63, 3.8) is 0 Å². The summed E-state index contributed by atoms with van der Waals surface area (Å²) in [6.07, 6.45) is 3.34. The molecule has 2 aromatic carbocycles. The minimum absolute atomic E-state index is 0.000916. The van der Waals surface area contributed by atoms with Crippen LogP contribution in [0.3, 0.4) is 0 Å². The molecule has 0 aromatic heterocycles. The number of carbonyl (C=O) groups excluding carboxylic acids is 2. The predicted octanol–water partition coefficient (Wildman–Crippen LogP) is 2.83. The molecule has 2 N–H and O–H groups in total. The molecule has 0 atom stereocenters. The number of alkyl halides is 2. The molecule has 8 heteroatoms. The molecule has 0 spiro atoms. The molecule has 0 saturated carbocycles. The molecule has 0 bridgehead atoms. The van der Waals surface area contributed by atoms with E-state index in [1.807, 2.05) is 6.07 Å². The fourth-order valence-electron chi connectivity index (χ4n) is 3.26. The Balaban J connectivity index is 1.50. The summed E-state index contributed by atoms with van der Waals surface area (Å²) >= 11 is 0. The summed E-state index contributed by atoms with van der Waals surface area (Å²) in [5, 5.41) is 5.26. The number of hydrogen-bond donors (Lipinski definition) is 2. The highest BCUT2D eigenvalue weighted by molar-refractivity contribution is 5.97. The standard InChI is InChI=1S/C21H22F2N2O4/c1-28-18-10-16(7-8-17(18)29-21(22)23)20(27)25-12-19(26)24-11-13-5-6-14-3-2-4-15(14)9-13/h5-10,21H,2-4,11-12H2,1H3,(H,24,26)(H,25,27). The minimum atomic E-state index is -3.00. The van der Waals surface area contributed by atoms with E-state index in [0.717, 1.165) is 24.8 Å². The van der Waals surface area contributed by atoms with Crippen molar-refractivity contribution in [2.24, 2.45) is 0 Å². The Morgan fingerprint density at radius 3 is 2.59 bits per heavy atom. The van der Waals surface area contributed by atoms with Gasteiger partial charge in [0.25, 0.3) is 5.91 Å². The molecule has 29 heavy (non-hydrogen) atoms. The van der Waals surface area contributed by atoms with E-state index < -0.39 is 12.5 Å². The second-order valence-corrected chi connectivity index (χ2v) is 6.66. The maximum absolute atomic E-state index is 12.4. The van der Waals surface area contributed by atoms with Gasteiger partial charge in [0, 0.05) is 12.1 Å². The van der Waals surface area contributed by atoms with Gasteiger partial charge in [-0.05, 0) is 54.2 Å². The number of benzene rings is 2. The number of rotatable bonds is 8. The molecule has 0 radical (unpaired) electrons. The number of aryl methyl sites for hydroxylation is 2. The summed E-state index contributed by atoms with van der Waals surface area (Å²) in [7, 11) is 1.28. The highest BCUT2D eigenvalue weighted by Gasteiger charge is 2.15. The van der Waals surface area contributed by atoms with Crippen LogP contribution >= 0.6 is 0 Å². The van der Waals surface area contributed by atoms with Gasteiger partial charge in [-0.15, -0.1) is 0 Å². The quantitative estimate of drug-likeness (QED) is 0.710. The number of carbonyl (C=O) groups is 2. The van der Waals surface area contributed by atoms with E-state index in [2.05, 4.69) is 27.5 Å². The van der Waals surface area contributed by atoms with Crippen LogP contribution in [0.2, 0.25) is 0 Å². The topological polar surface area (TPSA) is 76.7 Å². The van der Waals surface area contributed by atoms with Crippen molar-refractivity contribution in [2.75, 3.05) is 13.7 Å². The molecule has 1 aliphatic carbocycles. The van der Waals surface area contributed by atoms with Gasteiger partial charge in [0.15, 0.2) is 11.5 Å². The number of nitrogens with one attached hydrogen (secondary N) is 2. The summed E-state index contributed by atoms with van der Waals surface area (Å²) in [4.78, 5) is 24.2. The Morgan fingerprint density at radius 1 is 1.03 bits per heavy atom. The molecule has 3 rings (SSSR count). The van der Waals surface area contributed by atoms with Crippen LogP contribution < -0.4 is 20.1 Å². The number of fused-ring (bicyclic) bond motifs is 1. The maximum Gasteiger partial charge on any atom is 0.387 e. The monoisotopic (exact) mass is 404 g/mol. The third-order valence-electron chi connectivity index (χ3n) is 4.70. The molecule has 6 nitrogen and oxygen atoms in total. The molecular weight excluding hydrogens is 382 g/mol. The summed E-state index contributed by atoms with van der Waals surface area (Å²) in [5.41, 5.74) is 3.88. The molecule has 0 saturated heterocycles. The maximum atomic E-state index is 12.4. The van der Waals surface area contributed by atoms with Crippen LogP contribution in [0, 0.1) is 0 Å². The number of halogens is 2. The largest absolute Gasteiger partial charge is 0.493 e. The fourth-order valence-corrected chi connectivity index (χ4v) is 3.26. The van der Waals surface area contributed by atoms with Crippen LogP contribution in [0.5, 0.6) is 11.5 Å². The normalized spacial score (nSPS) is 12.4. The Labute approximate surface area is 167 Å². The Hall–Kier alpha value is -3.16. The lowest BCUT2D eigenvalue weighted by atomic mass is 10.1. The second kappa shape index (κ2) is 9.36. The van der Waals surface area contributed by atoms with Gasteiger partial charge in [-0.25, -0.2) is 0 Å². The summed E-state index contributed by atoms with van der Waals surface area (Å²) in [6, 6.07) is 10.0. The van der Waals surface area contributed by atoms with Crippen molar-refractivity contribution in [2.45, 2.75) is 32.4 Å². The molecule has 0 heterocycles. The van der Waals surface area contributed by atoms with Gasteiger partial charge in [-0.1, -0.05) is 18.2 Å². The average molecular weight is 404 g/mol. The van der Waals surface area contributed by atoms with Crippen molar-refractivity contribution in [3.05, 3.63) is 58.7 Å². The van der Waals surface area contributed by atoms with E-state index in [0.29, 0.717) is 6.54 Å². The number of methoxy groups -OCH3 is 1. The molecule has 2 aromatic rings. The molecule has 154 valence electrons. The van der Waals surface area contributed by atoms with Gasteiger partial charge < -0.3 is 20.1 Å². The first kappa shape index (κ1) is 20.6. The molecule has 0 aliphatic heterocycles. The lowest BCUT2D eigenvalue weighted by Crippen LogP contribution is -2.36. The first-order valence-electron chi connectivity index (χ1n) is 9.24. The molecular formula is C21H22F2N2O4. The lowest BCUT2D eigenvalue weighted by molar-refractivity contribution is -0.120. The highest BCUT2D eigenvalue weighted by Crippen LogP contribution is 2.29. The van der Waals surface area contributed by atoms with Crippen LogP contribution in [0.1, 0.15) is 33.5 Å². The lowest BCUT2D eigenvalue weighted by Gasteiger charge is -2.12. The number of ether oxygens (including phenoxy) is 2. The molecule has 0 unspecified atom stereocenters. The number of amides is 2. The zero-order chi connectivity index (χ0) is 20.8. The van der Waals surface area contributed by atoms with Gasteiger partial charge in [0.1, 0.15) is 0 Å². The first-order chi connectivity index (χ1) is 14.0. The van der Waals surface area contributed by atoms with Gasteiger partial charge >= 0.3 is 6.61 Å². The van der Waals surface area contributed by atoms with E-state index in [1.54, 1.807) is 0 Å². The van der Waals surface area contributed by atoms with Crippen LogP contribution in [0.4, 0.5) is 8.78 Å². The van der Waals surface area contributed by atoms with E-state index in [9.17, 15) is 18.4 Å². The first-order valence-corrected chi connectivity index (χ1v) is 9.24. The smallest absolute Gasteiger partial charge is 0.387 e. The molecule has 1 aliphatic rings. The predicted molar refractivity (Wildman–Crippen MR) is 102 cm³/mol. The van der Waals surface area contributed by atoms with Crippen molar-refractivity contribution in [1.29, 1.82) is 0 Å². The van der Waals surface area contributed by atoms with Gasteiger partial charge in [0.2, 0.25) is 5.91 Å². The molecule has 2 amide bonds. The highest BCUT2D eigenvalue weighted by atomic mass is 19.3. The fraction of sp³-hybridized carbons (Fsp3) is 0.333. The average Bonchev–Trinajstić information content (AvgIpc) is 3.18. The van der Waals surface area contributed by atoms with Gasteiger partial charge in [-0.3, -0.25) is 9.59 Å². The summed E-state index contributed by atoms with van der Waals surface area (Å²) in [5.74, 6) is -1.03. The van der Waals surface area contributed by atoms with Crippen molar-refractivity contribution < 1.29 is 27.8 Å². The number of hydrogen-bond acceptors (Lipinski definition) is 4. The summed E-state index contributed by atoms with van der Waals surface area (Å²) in [6.45, 7) is -2.82. The Bertz CT molecular complexity index is 902. The second-order valence-electron chi connectivity index (χ2n) is 6.66. The zero-order valence-electron chi connectivity index (χ0n) is 16.0. The van der Waals surface area contributed by atoms with E-state index >= 15 is 0 Å². The van der Waals surface area contributed by atoms with Crippen LogP contribution in [-0.2, 0) is 24.2 Å². The van der Waals surface area contributed by atoms with Crippen LogP contribution in [0.25, 0.3) is 0 Å². The van der Waals surface area contributed by atoms with E-state index in [4.69, 9.17) is 4.74 Å². The van der Waals surface area contributed by atoms with E-state index in [1.165, 1.54) is 36.4 Å². The minimum Gasteiger partial charge on any atom is -0.493 e. The summed E-state index contributed by atoms with van der Waals surface area (Å²) < 4.78 is 34.0. The van der Waals surface area contributed by atoms with Crippen molar-refractivity contribution in [3.8, 4) is 11.5 Å². The third kappa shape index (κ3) is 5.43. The van der Waals surface area contributed by atoms with Crippen LogP contribution in [0.15, 0.2) is 36.4 Å². The zero-order valence-corrected chi connectivity index (χ0v) is 16.0. The van der Waals surface area contributed by atoms with Crippen molar-refractivity contribution in [1.82, 2.24) is 10.6 Å². The van der Waals surface area contributed by atoms with Gasteiger partial charge in [0.05, 0.1) is 13.7 Å².